The fourth-order valence-electron chi connectivity index (χ4n) is 4.25. The first-order valence-corrected chi connectivity index (χ1v) is 10.7. The van der Waals surface area contributed by atoms with E-state index < -0.39 is 0 Å². The Hall–Kier alpha value is -3.48. The summed E-state index contributed by atoms with van der Waals surface area (Å²) in [5.74, 6) is -0.242. The Morgan fingerprint density at radius 3 is 2.84 bits per heavy atom. The molecule has 0 amide bonds. The predicted octanol–water partition coefficient (Wildman–Crippen LogP) is 3.83. The van der Waals surface area contributed by atoms with Crippen molar-refractivity contribution in [1.82, 2.24) is 14.1 Å². The number of carbonyl (C=O) groups excluding carboxylic acids is 1. The smallest absolute Gasteiger partial charge is 0.297 e. The number of hydrogen-bond donors (Lipinski definition) is 0. The first kappa shape index (κ1) is 19.5. The molecule has 0 N–H and O–H groups in total. The van der Waals surface area contributed by atoms with Gasteiger partial charge < -0.3 is 4.42 Å². The van der Waals surface area contributed by atoms with Crippen LogP contribution in [0.15, 0.2) is 63.1 Å². The van der Waals surface area contributed by atoms with Gasteiger partial charge in [0.2, 0.25) is 5.58 Å². The number of benzene rings is 1. The summed E-state index contributed by atoms with van der Waals surface area (Å²) in [6, 6.07) is 11.4. The Labute approximate surface area is 178 Å². The number of aryl methyl sites for hydroxylation is 1. The van der Waals surface area contributed by atoms with E-state index in [-0.39, 0.29) is 29.6 Å². The number of nitrogens with zero attached hydrogens (tertiary/aromatic N) is 4. The molecule has 0 atom stereocenters. The van der Waals surface area contributed by atoms with E-state index in [9.17, 15) is 9.59 Å². The van der Waals surface area contributed by atoms with Gasteiger partial charge in [0.05, 0.1) is 12.4 Å². The van der Waals surface area contributed by atoms with Gasteiger partial charge in [-0.05, 0) is 49.6 Å². The van der Waals surface area contributed by atoms with E-state index in [1.54, 1.807) is 12.3 Å². The van der Waals surface area contributed by atoms with Crippen LogP contribution in [0.4, 0.5) is 0 Å². The van der Waals surface area contributed by atoms with Gasteiger partial charge >= 0.3 is 0 Å². The number of rotatable bonds is 3. The standard InChI is InChI=1S/C24H24N4O3/c1-16-11-12-28(20(13-16)26-17-7-3-2-4-8-17)21(29)14-27-15-25-22-18-9-5-6-10-19(18)31-23(22)24(27)30/h5-6,9-13,15,17H,2-4,7-8,14H2,1H3. The van der Waals surface area contributed by atoms with E-state index in [1.165, 1.54) is 34.7 Å². The molecule has 7 nitrogen and oxygen atoms in total. The summed E-state index contributed by atoms with van der Waals surface area (Å²) in [6.07, 6.45) is 8.84. The Morgan fingerprint density at radius 2 is 2.00 bits per heavy atom. The van der Waals surface area contributed by atoms with Crippen LogP contribution in [0.5, 0.6) is 0 Å². The van der Waals surface area contributed by atoms with Crippen molar-refractivity contribution in [2.45, 2.75) is 51.6 Å². The number of pyridine rings is 1. The predicted molar refractivity (Wildman–Crippen MR) is 118 cm³/mol. The average Bonchev–Trinajstić information content (AvgIpc) is 3.16. The summed E-state index contributed by atoms with van der Waals surface area (Å²) in [6.45, 7) is 1.85. The van der Waals surface area contributed by atoms with Crippen molar-refractivity contribution in [2.75, 3.05) is 0 Å². The van der Waals surface area contributed by atoms with Crippen LogP contribution < -0.4 is 11.0 Å². The minimum atomic E-state index is -0.368. The number of fused-ring (bicyclic) bond motifs is 3. The molecule has 1 aliphatic carbocycles. The van der Waals surface area contributed by atoms with E-state index in [0.717, 1.165) is 23.8 Å². The quantitative estimate of drug-likeness (QED) is 0.508. The number of para-hydroxylation sites is 1. The lowest BCUT2D eigenvalue weighted by molar-refractivity contribution is 0.0883. The van der Waals surface area contributed by atoms with Gasteiger partial charge in [-0.25, -0.2) is 4.98 Å². The molecule has 0 bridgehead atoms. The summed E-state index contributed by atoms with van der Waals surface area (Å²) < 4.78 is 8.55. The van der Waals surface area contributed by atoms with Gasteiger partial charge in [-0.2, -0.15) is 0 Å². The summed E-state index contributed by atoms with van der Waals surface area (Å²) in [5, 5.41) is 0.787. The van der Waals surface area contributed by atoms with Crippen LogP contribution in [0.1, 0.15) is 42.5 Å². The minimum absolute atomic E-state index is 0.139. The third kappa shape index (κ3) is 3.71. The highest BCUT2D eigenvalue weighted by Crippen LogP contribution is 2.24. The molecule has 1 fully saturated rings. The zero-order valence-electron chi connectivity index (χ0n) is 17.5. The van der Waals surface area contributed by atoms with Crippen LogP contribution in [0.2, 0.25) is 0 Å². The fraction of sp³-hybridized carbons (Fsp3) is 0.333. The second kappa shape index (κ2) is 7.98. The second-order valence-electron chi connectivity index (χ2n) is 8.20. The molecule has 7 heteroatoms. The van der Waals surface area contributed by atoms with E-state index >= 15 is 0 Å². The van der Waals surface area contributed by atoms with Crippen molar-refractivity contribution in [1.29, 1.82) is 0 Å². The number of hydrogen-bond acceptors (Lipinski definition) is 5. The summed E-state index contributed by atoms with van der Waals surface area (Å²) in [7, 11) is 0. The summed E-state index contributed by atoms with van der Waals surface area (Å²) in [5.41, 5.74) is 2.60. The van der Waals surface area contributed by atoms with E-state index in [2.05, 4.69) is 4.98 Å². The molecule has 0 radical (unpaired) electrons. The molecule has 0 unspecified atom stereocenters. The van der Waals surface area contributed by atoms with Gasteiger partial charge in [-0.1, -0.05) is 31.4 Å². The third-order valence-electron chi connectivity index (χ3n) is 5.90. The molecule has 0 aliphatic heterocycles. The number of carbonyl (C=O) groups is 1. The molecule has 0 spiro atoms. The summed E-state index contributed by atoms with van der Waals surface area (Å²) >= 11 is 0. The highest BCUT2D eigenvalue weighted by atomic mass is 16.3. The van der Waals surface area contributed by atoms with Gasteiger partial charge in [0, 0.05) is 11.6 Å². The number of furan rings is 1. The van der Waals surface area contributed by atoms with Crippen LogP contribution in [0, 0.1) is 6.92 Å². The Balaban J connectivity index is 1.51. The highest BCUT2D eigenvalue weighted by molar-refractivity contribution is 6.01. The zero-order chi connectivity index (χ0) is 21.4. The average molecular weight is 416 g/mol. The molecule has 1 aliphatic rings. The molecular weight excluding hydrogens is 392 g/mol. The first-order valence-electron chi connectivity index (χ1n) is 10.7. The molecule has 0 saturated heterocycles. The normalized spacial score (nSPS) is 15.7. The first-order chi connectivity index (χ1) is 15.1. The molecule has 31 heavy (non-hydrogen) atoms. The molecule has 1 saturated carbocycles. The van der Waals surface area contributed by atoms with E-state index in [0.29, 0.717) is 16.6 Å². The Morgan fingerprint density at radius 1 is 1.19 bits per heavy atom. The van der Waals surface area contributed by atoms with Gasteiger partial charge in [-0.15, -0.1) is 0 Å². The molecule has 4 aromatic rings. The monoisotopic (exact) mass is 416 g/mol. The molecule has 1 aromatic carbocycles. The Kier molecular flexibility index (Phi) is 5.02. The van der Waals surface area contributed by atoms with Crippen molar-refractivity contribution in [2.24, 2.45) is 4.99 Å². The topological polar surface area (TPSA) is 82.4 Å². The van der Waals surface area contributed by atoms with Gasteiger partial charge in [0.15, 0.2) is 0 Å². The SMILES string of the molecule is Cc1ccn(C(=O)Cn2cnc3c(oc4ccccc43)c2=O)c(=NC2CCCCC2)c1. The van der Waals surface area contributed by atoms with Crippen molar-refractivity contribution >= 4 is 28.0 Å². The third-order valence-corrected chi connectivity index (χ3v) is 5.90. The lowest BCUT2D eigenvalue weighted by atomic mass is 9.96. The molecule has 158 valence electrons. The van der Waals surface area contributed by atoms with Gasteiger partial charge in [0.25, 0.3) is 11.5 Å². The maximum absolute atomic E-state index is 13.1. The highest BCUT2D eigenvalue weighted by Gasteiger charge is 2.16. The maximum Gasteiger partial charge on any atom is 0.297 e. The lowest BCUT2D eigenvalue weighted by Gasteiger charge is -2.18. The molecule has 3 heterocycles. The van der Waals surface area contributed by atoms with Crippen molar-refractivity contribution in [3.63, 3.8) is 0 Å². The van der Waals surface area contributed by atoms with Crippen molar-refractivity contribution < 1.29 is 9.21 Å². The van der Waals surface area contributed by atoms with Crippen LogP contribution in [-0.4, -0.2) is 26.1 Å². The van der Waals surface area contributed by atoms with Crippen LogP contribution in [0.3, 0.4) is 0 Å². The maximum atomic E-state index is 13.1. The van der Waals surface area contributed by atoms with Crippen LogP contribution >= 0.6 is 0 Å². The van der Waals surface area contributed by atoms with Crippen molar-refractivity contribution in [3.8, 4) is 0 Å². The molecule has 5 rings (SSSR count). The van der Waals surface area contributed by atoms with Gasteiger partial charge in [-0.3, -0.25) is 23.7 Å². The van der Waals surface area contributed by atoms with Gasteiger partial charge in [0.1, 0.15) is 23.1 Å². The largest absolute Gasteiger partial charge is 0.448 e. The summed E-state index contributed by atoms with van der Waals surface area (Å²) in [4.78, 5) is 35.4. The minimum Gasteiger partial charge on any atom is -0.448 e. The number of aromatic nitrogens is 3. The van der Waals surface area contributed by atoms with Crippen LogP contribution in [-0.2, 0) is 6.54 Å². The molecule has 3 aromatic heterocycles. The van der Waals surface area contributed by atoms with E-state index in [1.807, 2.05) is 37.3 Å². The fourth-order valence-corrected chi connectivity index (χ4v) is 4.25. The molecular formula is C24H24N4O3. The lowest BCUT2D eigenvalue weighted by Crippen LogP contribution is -2.34. The van der Waals surface area contributed by atoms with Crippen molar-refractivity contribution in [3.05, 3.63) is 70.3 Å². The zero-order valence-corrected chi connectivity index (χ0v) is 17.5. The Bertz CT molecular complexity index is 1400. The van der Waals surface area contributed by atoms with E-state index in [4.69, 9.17) is 9.41 Å². The van der Waals surface area contributed by atoms with Crippen LogP contribution in [0.25, 0.3) is 22.1 Å². The second-order valence-corrected chi connectivity index (χ2v) is 8.20.